The molecule has 1 N–H and O–H groups in total. The minimum atomic E-state index is -0.354. The molecule has 0 saturated heterocycles. The van der Waals surface area contributed by atoms with Gasteiger partial charge in [-0.1, -0.05) is 72.8 Å². The normalized spacial score (nSPS) is 11.6. The molecule has 1 heterocycles. The van der Waals surface area contributed by atoms with E-state index in [-0.39, 0.29) is 16.9 Å². The van der Waals surface area contributed by atoms with Crippen LogP contribution in [0.15, 0.2) is 83.7 Å². The lowest BCUT2D eigenvalue weighted by Crippen LogP contribution is -2.21. The number of hydrogen-bond donors (Lipinski definition) is 1. The standard InChI is InChI=1S/C26H21NO2/c1-17-15-18(2)27-26(29)24(17)25(28)23(20-9-4-3-5-10-20)16-21-13-8-12-19-11-6-7-14-22(19)21/h3-16H,1-2H3,(H,27,29). The molecule has 3 aromatic carbocycles. The Bertz CT molecular complexity index is 1290. The Labute approximate surface area is 169 Å². The van der Waals surface area contributed by atoms with Crippen LogP contribution in [-0.2, 0) is 0 Å². The molecule has 0 radical (unpaired) electrons. The maximum Gasteiger partial charge on any atom is 0.259 e. The van der Waals surface area contributed by atoms with Crippen LogP contribution >= 0.6 is 0 Å². The van der Waals surface area contributed by atoms with Gasteiger partial charge in [0.1, 0.15) is 0 Å². The Hall–Kier alpha value is -3.72. The molecule has 0 atom stereocenters. The van der Waals surface area contributed by atoms with Crippen LogP contribution in [0, 0.1) is 13.8 Å². The van der Waals surface area contributed by atoms with E-state index in [1.165, 1.54) is 0 Å². The van der Waals surface area contributed by atoms with Gasteiger partial charge >= 0.3 is 0 Å². The summed E-state index contributed by atoms with van der Waals surface area (Å²) in [6.45, 7) is 3.61. The molecule has 0 saturated carbocycles. The van der Waals surface area contributed by atoms with Crippen molar-refractivity contribution in [1.29, 1.82) is 0 Å². The number of pyridine rings is 1. The lowest BCUT2D eigenvalue weighted by molar-refractivity contribution is 0.105. The van der Waals surface area contributed by atoms with Gasteiger partial charge in [0.15, 0.2) is 5.78 Å². The molecule has 0 unspecified atom stereocenters. The van der Waals surface area contributed by atoms with Crippen molar-refractivity contribution in [2.24, 2.45) is 0 Å². The zero-order chi connectivity index (χ0) is 20.4. The summed E-state index contributed by atoms with van der Waals surface area (Å²) >= 11 is 0. The zero-order valence-electron chi connectivity index (χ0n) is 16.4. The van der Waals surface area contributed by atoms with Gasteiger partial charge in [0, 0.05) is 11.3 Å². The second kappa shape index (κ2) is 7.72. The van der Waals surface area contributed by atoms with Crippen LogP contribution in [0.25, 0.3) is 22.4 Å². The summed E-state index contributed by atoms with van der Waals surface area (Å²) in [4.78, 5) is 28.9. The molecule has 3 nitrogen and oxygen atoms in total. The molecule has 0 spiro atoms. The Balaban J connectivity index is 1.95. The molecule has 0 bridgehead atoms. The number of Topliss-reactive ketones (excluding diaryl/α,β-unsaturated/α-hetero) is 1. The number of aryl methyl sites for hydroxylation is 2. The van der Waals surface area contributed by atoms with E-state index in [1.54, 1.807) is 6.92 Å². The largest absolute Gasteiger partial charge is 0.326 e. The van der Waals surface area contributed by atoms with E-state index in [9.17, 15) is 9.59 Å². The number of benzene rings is 3. The van der Waals surface area contributed by atoms with Gasteiger partial charge in [-0.2, -0.15) is 0 Å². The first-order chi connectivity index (χ1) is 14.0. The molecule has 0 amide bonds. The summed E-state index contributed by atoms with van der Waals surface area (Å²) in [5.41, 5.74) is 3.47. The van der Waals surface area contributed by atoms with Gasteiger partial charge in [0.25, 0.3) is 5.56 Å². The van der Waals surface area contributed by atoms with Crippen molar-refractivity contribution in [2.75, 3.05) is 0 Å². The first-order valence-electron chi connectivity index (χ1n) is 9.54. The number of allylic oxidation sites excluding steroid dienone is 1. The average molecular weight is 379 g/mol. The van der Waals surface area contributed by atoms with Crippen molar-refractivity contribution in [1.82, 2.24) is 4.98 Å². The fourth-order valence-corrected chi connectivity index (χ4v) is 3.70. The van der Waals surface area contributed by atoms with Crippen LogP contribution in [-0.4, -0.2) is 10.8 Å². The molecule has 4 rings (SSSR count). The van der Waals surface area contributed by atoms with Crippen molar-refractivity contribution < 1.29 is 4.79 Å². The predicted octanol–water partition coefficient (Wildman–Crippen LogP) is 5.57. The number of nitrogens with one attached hydrogen (secondary N) is 1. The van der Waals surface area contributed by atoms with Gasteiger partial charge in [-0.3, -0.25) is 9.59 Å². The van der Waals surface area contributed by atoms with Crippen molar-refractivity contribution in [3.05, 3.63) is 117 Å². The predicted molar refractivity (Wildman–Crippen MR) is 119 cm³/mol. The van der Waals surface area contributed by atoms with Crippen molar-refractivity contribution in [2.45, 2.75) is 13.8 Å². The van der Waals surface area contributed by atoms with Gasteiger partial charge in [-0.05, 0) is 53.5 Å². The lowest BCUT2D eigenvalue weighted by Gasteiger charge is -2.11. The Kier molecular flexibility index (Phi) is 4.96. The molecule has 0 aliphatic rings. The van der Waals surface area contributed by atoms with E-state index in [0.29, 0.717) is 11.1 Å². The average Bonchev–Trinajstić information content (AvgIpc) is 2.72. The van der Waals surface area contributed by atoms with Crippen LogP contribution in [0.1, 0.15) is 32.7 Å². The smallest absolute Gasteiger partial charge is 0.259 e. The highest BCUT2D eigenvalue weighted by atomic mass is 16.1. The van der Waals surface area contributed by atoms with Gasteiger partial charge < -0.3 is 4.98 Å². The summed E-state index contributed by atoms with van der Waals surface area (Å²) < 4.78 is 0. The lowest BCUT2D eigenvalue weighted by atomic mass is 9.92. The fourth-order valence-electron chi connectivity index (χ4n) is 3.70. The monoisotopic (exact) mass is 379 g/mol. The van der Waals surface area contributed by atoms with Crippen molar-refractivity contribution in [3.8, 4) is 0 Å². The minimum absolute atomic E-state index is 0.186. The zero-order valence-corrected chi connectivity index (χ0v) is 16.4. The summed E-state index contributed by atoms with van der Waals surface area (Å²) in [6.07, 6.45) is 1.89. The van der Waals surface area contributed by atoms with Crippen LogP contribution in [0.4, 0.5) is 0 Å². The number of H-pyrrole nitrogens is 1. The summed E-state index contributed by atoms with van der Waals surface area (Å²) in [5, 5.41) is 2.16. The van der Waals surface area contributed by atoms with E-state index in [2.05, 4.69) is 4.98 Å². The number of carbonyl (C=O) groups is 1. The highest BCUT2D eigenvalue weighted by Crippen LogP contribution is 2.27. The SMILES string of the molecule is Cc1cc(C)c(C(=O)C(=Cc2cccc3ccccc23)c2ccccc2)c(=O)[nH]1. The van der Waals surface area contributed by atoms with Crippen LogP contribution < -0.4 is 5.56 Å². The van der Waals surface area contributed by atoms with Crippen LogP contribution in [0.5, 0.6) is 0 Å². The topological polar surface area (TPSA) is 49.9 Å². The van der Waals surface area contributed by atoms with Gasteiger partial charge in [0.05, 0.1) is 5.56 Å². The molecular weight excluding hydrogens is 358 g/mol. The third-order valence-corrected chi connectivity index (χ3v) is 5.04. The molecule has 29 heavy (non-hydrogen) atoms. The molecule has 3 heteroatoms. The molecule has 1 aromatic heterocycles. The van der Waals surface area contributed by atoms with Gasteiger partial charge in [0.2, 0.25) is 0 Å². The van der Waals surface area contributed by atoms with E-state index in [1.807, 2.05) is 91.9 Å². The Morgan fingerprint density at radius 3 is 2.31 bits per heavy atom. The number of aromatic nitrogens is 1. The second-order valence-corrected chi connectivity index (χ2v) is 7.16. The number of fused-ring (bicyclic) bond motifs is 1. The molecule has 0 aliphatic heterocycles. The van der Waals surface area contributed by atoms with Crippen LogP contribution in [0.3, 0.4) is 0 Å². The molecule has 4 aromatic rings. The quantitative estimate of drug-likeness (QED) is 0.286. The number of rotatable bonds is 4. The summed E-state index contributed by atoms with van der Waals surface area (Å²) in [5.74, 6) is -0.275. The third-order valence-electron chi connectivity index (χ3n) is 5.04. The second-order valence-electron chi connectivity index (χ2n) is 7.16. The summed E-state index contributed by atoms with van der Waals surface area (Å²) in [6, 6.07) is 25.4. The fraction of sp³-hybridized carbons (Fsp3) is 0.0769. The molecule has 0 aliphatic carbocycles. The first-order valence-corrected chi connectivity index (χ1v) is 9.54. The molecule has 0 fully saturated rings. The number of aromatic amines is 1. The molecular formula is C26H21NO2. The van der Waals surface area contributed by atoms with Crippen LogP contribution in [0.2, 0.25) is 0 Å². The van der Waals surface area contributed by atoms with E-state index < -0.39 is 0 Å². The van der Waals surface area contributed by atoms with Gasteiger partial charge in [-0.15, -0.1) is 0 Å². The Morgan fingerprint density at radius 1 is 0.862 bits per heavy atom. The third kappa shape index (κ3) is 3.67. The van der Waals surface area contributed by atoms with E-state index >= 15 is 0 Å². The van der Waals surface area contributed by atoms with E-state index in [0.717, 1.165) is 27.6 Å². The first kappa shape index (κ1) is 18.6. The summed E-state index contributed by atoms with van der Waals surface area (Å²) in [7, 11) is 0. The number of carbonyl (C=O) groups excluding carboxylic acids is 1. The maximum absolute atomic E-state index is 13.6. The highest BCUT2D eigenvalue weighted by molar-refractivity contribution is 6.33. The van der Waals surface area contributed by atoms with Crippen molar-refractivity contribution >= 4 is 28.2 Å². The minimum Gasteiger partial charge on any atom is -0.326 e. The number of hydrogen-bond acceptors (Lipinski definition) is 2. The van der Waals surface area contributed by atoms with Gasteiger partial charge in [-0.25, -0.2) is 0 Å². The maximum atomic E-state index is 13.6. The Morgan fingerprint density at radius 2 is 1.55 bits per heavy atom. The molecule has 142 valence electrons. The highest BCUT2D eigenvalue weighted by Gasteiger charge is 2.20. The number of ketones is 1. The van der Waals surface area contributed by atoms with E-state index in [4.69, 9.17) is 0 Å². The van der Waals surface area contributed by atoms with Crippen molar-refractivity contribution in [3.63, 3.8) is 0 Å².